The fourth-order valence-electron chi connectivity index (χ4n) is 5.09. The molecule has 0 aliphatic carbocycles. The molecule has 0 saturated heterocycles. The molecule has 0 saturated carbocycles. The molecule has 0 aromatic carbocycles. The lowest BCUT2D eigenvalue weighted by molar-refractivity contribution is -0.179. The van der Waals surface area contributed by atoms with E-state index in [-0.39, 0.29) is 12.5 Å². The predicted molar refractivity (Wildman–Crippen MR) is 170 cm³/mol. The Labute approximate surface area is 249 Å². The SMILES string of the molecule is CCCCCCCCCC(I)CCCCCCC(F)(F)C(=O)OC(CCCCCCC)CCCCCCC. The van der Waals surface area contributed by atoms with Gasteiger partial charge in [-0.05, 0) is 44.9 Å². The Balaban J connectivity index is 4.14. The Morgan fingerprint density at radius 2 is 0.921 bits per heavy atom. The molecule has 1 unspecified atom stereocenters. The van der Waals surface area contributed by atoms with E-state index in [0.29, 0.717) is 10.3 Å². The van der Waals surface area contributed by atoms with Crippen molar-refractivity contribution in [2.24, 2.45) is 0 Å². The largest absolute Gasteiger partial charge is 0.458 e. The number of hydrogen-bond acceptors (Lipinski definition) is 2. The average molecular weight is 657 g/mol. The molecule has 0 radical (unpaired) electrons. The van der Waals surface area contributed by atoms with Gasteiger partial charge in [0.1, 0.15) is 6.10 Å². The Morgan fingerprint density at radius 3 is 1.34 bits per heavy atom. The zero-order valence-electron chi connectivity index (χ0n) is 25.5. The van der Waals surface area contributed by atoms with Gasteiger partial charge in [-0.25, -0.2) is 4.79 Å². The molecule has 0 spiro atoms. The predicted octanol–water partition coefficient (Wildman–Crippen LogP) is 12.5. The number of rotatable bonds is 29. The smallest absolute Gasteiger partial charge is 0.377 e. The summed E-state index contributed by atoms with van der Waals surface area (Å²) in [4.78, 5) is 12.4. The average Bonchev–Trinajstić information content (AvgIpc) is 2.89. The van der Waals surface area contributed by atoms with Crippen molar-refractivity contribution in [2.75, 3.05) is 0 Å². The quantitative estimate of drug-likeness (QED) is 0.0347. The number of halogens is 3. The molecule has 0 fully saturated rings. The van der Waals surface area contributed by atoms with Crippen LogP contribution in [0.4, 0.5) is 8.78 Å². The maximum Gasteiger partial charge on any atom is 0.377 e. The van der Waals surface area contributed by atoms with Crippen LogP contribution in [0.25, 0.3) is 0 Å². The summed E-state index contributed by atoms with van der Waals surface area (Å²) in [6, 6.07) is 0. The highest BCUT2D eigenvalue weighted by molar-refractivity contribution is 14.1. The fourth-order valence-corrected chi connectivity index (χ4v) is 5.97. The van der Waals surface area contributed by atoms with Crippen LogP contribution >= 0.6 is 22.6 Å². The maximum absolute atomic E-state index is 14.6. The lowest BCUT2D eigenvalue weighted by Gasteiger charge is -2.22. The molecule has 228 valence electrons. The van der Waals surface area contributed by atoms with Crippen molar-refractivity contribution in [1.82, 2.24) is 0 Å². The number of ether oxygens (including phenoxy) is 1. The van der Waals surface area contributed by atoms with Crippen LogP contribution in [-0.2, 0) is 9.53 Å². The standard InChI is InChI=1S/C33H63F2IO2/c1-4-7-10-13-14-17-20-25-30(36)26-21-18-19-24-29-33(34,35)32(37)38-31(27-22-15-11-8-5-2)28-23-16-12-9-6-3/h30-31H,4-29H2,1-3H3. The summed E-state index contributed by atoms with van der Waals surface area (Å²) in [7, 11) is 0. The van der Waals surface area contributed by atoms with E-state index >= 15 is 0 Å². The van der Waals surface area contributed by atoms with E-state index < -0.39 is 11.9 Å². The van der Waals surface area contributed by atoms with Gasteiger partial charge in [-0.15, -0.1) is 0 Å². The molecule has 0 N–H and O–H groups in total. The molecule has 0 aliphatic heterocycles. The molecule has 0 bridgehead atoms. The Bertz CT molecular complexity index is 501. The molecule has 5 heteroatoms. The number of carbonyl (C=O) groups excluding carboxylic acids is 1. The first-order valence-electron chi connectivity index (χ1n) is 16.6. The monoisotopic (exact) mass is 656 g/mol. The molecule has 0 aromatic rings. The molecule has 0 rings (SSSR count). The van der Waals surface area contributed by atoms with Crippen LogP contribution in [0.5, 0.6) is 0 Å². The molecule has 0 heterocycles. The highest BCUT2D eigenvalue weighted by atomic mass is 127. The first-order valence-corrected chi connectivity index (χ1v) is 17.8. The van der Waals surface area contributed by atoms with Crippen LogP contribution in [0.2, 0.25) is 0 Å². The van der Waals surface area contributed by atoms with Crippen molar-refractivity contribution in [3.8, 4) is 0 Å². The zero-order valence-corrected chi connectivity index (χ0v) is 27.6. The lowest BCUT2D eigenvalue weighted by Crippen LogP contribution is -2.34. The molecule has 0 amide bonds. The minimum atomic E-state index is -3.36. The third kappa shape index (κ3) is 23.9. The van der Waals surface area contributed by atoms with E-state index in [1.807, 2.05) is 0 Å². The van der Waals surface area contributed by atoms with Gasteiger partial charge in [-0.2, -0.15) is 8.78 Å². The summed E-state index contributed by atoms with van der Waals surface area (Å²) in [5, 5.41) is 0. The highest BCUT2D eigenvalue weighted by Crippen LogP contribution is 2.27. The Morgan fingerprint density at radius 1 is 0.579 bits per heavy atom. The fraction of sp³-hybridized carbons (Fsp3) is 0.970. The van der Waals surface area contributed by atoms with Gasteiger partial charge < -0.3 is 4.74 Å². The van der Waals surface area contributed by atoms with Crippen molar-refractivity contribution in [3.63, 3.8) is 0 Å². The third-order valence-corrected chi connectivity index (χ3v) is 8.96. The molecular weight excluding hydrogens is 593 g/mol. The second kappa shape index (κ2) is 27.2. The van der Waals surface area contributed by atoms with E-state index in [1.54, 1.807) is 0 Å². The minimum absolute atomic E-state index is 0.353. The van der Waals surface area contributed by atoms with Gasteiger partial charge in [0.2, 0.25) is 0 Å². The van der Waals surface area contributed by atoms with Crippen molar-refractivity contribution in [3.05, 3.63) is 0 Å². The van der Waals surface area contributed by atoms with Gasteiger partial charge in [0.05, 0.1) is 0 Å². The number of carbonyl (C=O) groups is 1. The van der Waals surface area contributed by atoms with Gasteiger partial charge in [-0.3, -0.25) is 0 Å². The van der Waals surface area contributed by atoms with E-state index in [4.69, 9.17) is 4.74 Å². The summed E-state index contributed by atoms with van der Waals surface area (Å²) < 4.78 is 35.3. The van der Waals surface area contributed by atoms with Crippen molar-refractivity contribution in [1.29, 1.82) is 0 Å². The van der Waals surface area contributed by atoms with E-state index in [9.17, 15) is 13.6 Å². The van der Waals surface area contributed by atoms with Gasteiger partial charge in [0, 0.05) is 10.3 Å². The van der Waals surface area contributed by atoms with Crippen LogP contribution in [0.3, 0.4) is 0 Å². The summed E-state index contributed by atoms with van der Waals surface area (Å²) in [6.45, 7) is 6.62. The van der Waals surface area contributed by atoms with Gasteiger partial charge in [0.25, 0.3) is 0 Å². The third-order valence-electron chi connectivity index (χ3n) is 7.71. The van der Waals surface area contributed by atoms with Crippen LogP contribution in [-0.4, -0.2) is 21.9 Å². The van der Waals surface area contributed by atoms with E-state index in [2.05, 4.69) is 43.4 Å². The Hall–Kier alpha value is 0.0600. The minimum Gasteiger partial charge on any atom is -0.458 e. The van der Waals surface area contributed by atoms with Crippen molar-refractivity contribution >= 4 is 28.6 Å². The molecule has 2 nitrogen and oxygen atoms in total. The van der Waals surface area contributed by atoms with Crippen LogP contribution in [0, 0.1) is 0 Å². The Kier molecular flexibility index (Phi) is 27.3. The number of hydrogen-bond donors (Lipinski definition) is 0. The number of unbranched alkanes of at least 4 members (excludes halogenated alkanes) is 17. The summed E-state index contributed by atoms with van der Waals surface area (Å²) in [5.74, 6) is -4.64. The summed E-state index contributed by atoms with van der Waals surface area (Å²) in [5.41, 5.74) is 0. The molecule has 38 heavy (non-hydrogen) atoms. The van der Waals surface area contributed by atoms with Crippen molar-refractivity contribution in [2.45, 2.75) is 204 Å². The summed E-state index contributed by atoms with van der Waals surface area (Å²) >= 11 is 2.56. The number of alkyl halides is 3. The van der Waals surface area contributed by atoms with Gasteiger partial charge >= 0.3 is 11.9 Å². The summed E-state index contributed by atoms with van der Waals surface area (Å²) in [6.07, 6.45) is 27.0. The van der Waals surface area contributed by atoms with Crippen molar-refractivity contribution < 1.29 is 18.3 Å². The maximum atomic E-state index is 14.6. The molecule has 1 atom stereocenters. The van der Waals surface area contributed by atoms with Gasteiger partial charge in [0.15, 0.2) is 0 Å². The number of esters is 1. The second-order valence-corrected chi connectivity index (χ2v) is 13.4. The first kappa shape index (κ1) is 38.1. The van der Waals surface area contributed by atoms with E-state index in [0.717, 1.165) is 57.8 Å². The van der Waals surface area contributed by atoms with Gasteiger partial charge in [-0.1, -0.05) is 159 Å². The van der Waals surface area contributed by atoms with Crippen LogP contribution in [0.15, 0.2) is 0 Å². The highest BCUT2D eigenvalue weighted by Gasteiger charge is 2.41. The normalized spacial score (nSPS) is 12.8. The molecular formula is C33H63F2IO2. The van der Waals surface area contributed by atoms with Crippen LogP contribution < -0.4 is 0 Å². The molecule has 0 aromatic heterocycles. The molecule has 0 aliphatic rings. The topological polar surface area (TPSA) is 26.3 Å². The van der Waals surface area contributed by atoms with Crippen LogP contribution in [0.1, 0.15) is 188 Å². The zero-order chi connectivity index (χ0) is 28.3. The van der Waals surface area contributed by atoms with E-state index in [1.165, 1.54) is 96.3 Å². The second-order valence-electron chi connectivity index (χ2n) is 11.6. The first-order chi connectivity index (χ1) is 18.4. The lowest BCUT2D eigenvalue weighted by atomic mass is 10.0.